The van der Waals surface area contributed by atoms with Crippen LogP contribution in [0, 0.1) is 0 Å². The van der Waals surface area contributed by atoms with Gasteiger partial charge in [-0.15, -0.1) is 0 Å². The van der Waals surface area contributed by atoms with E-state index in [2.05, 4.69) is 17.3 Å². The highest BCUT2D eigenvalue weighted by atomic mass is 32.2. The summed E-state index contributed by atoms with van der Waals surface area (Å²) in [6.45, 7) is 2.99. The molecule has 0 radical (unpaired) electrons. The summed E-state index contributed by atoms with van der Waals surface area (Å²) in [6.07, 6.45) is 6.05. The van der Waals surface area contributed by atoms with Crippen LogP contribution in [0.4, 0.5) is 0 Å². The Morgan fingerprint density at radius 1 is 1.24 bits per heavy atom. The highest BCUT2D eigenvalue weighted by Gasteiger charge is 2.16. The van der Waals surface area contributed by atoms with Gasteiger partial charge in [-0.3, -0.25) is 4.68 Å². The first kappa shape index (κ1) is 15.7. The highest BCUT2D eigenvalue weighted by molar-refractivity contribution is 7.90. The zero-order valence-electron chi connectivity index (χ0n) is 12.6. The number of hydrogen-bond acceptors (Lipinski definition) is 4. The molecule has 0 saturated carbocycles. The normalized spacial score (nSPS) is 13.3. The number of rotatable bonds is 6. The van der Waals surface area contributed by atoms with Gasteiger partial charge in [-0.05, 0) is 30.7 Å². The van der Waals surface area contributed by atoms with E-state index in [4.69, 9.17) is 0 Å². The SMILES string of the molecule is CCCNC(c1ccc(S(C)(=O)=O)cc1)c1cnn(C)c1. The number of hydrogen-bond donors (Lipinski definition) is 1. The topological polar surface area (TPSA) is 64.0 Å². The van der Waals surface area contributed by atoms with E-state index in [0.717, 1.165) is 24.1 Å². The Hall–Kier alpha value is -1.66. The van der Waals surface area contributed by atoms with Gasteiger partial charge >= 0.3 is 0 Å². The van der Waals surface area contributed by atoms with E-state index in [1.807, 2.05) is 31.6 Å². The Morgan fingerprint density at radius 2 is 1.90 bits per heavy atom. The molecule has 114 valence electrons. The summed E-state index contributed by atoms with van der Waals surface area (Å²) >= 11 is 0. The van der Waals surface area contributed by atoms with Crippen LogP contribution in [0.2, 0.25) is 0 Å². The van der Waals surface area contributed by atoms with E-state index in [0.29, 0.717) is 4.90 Å². The smallest absolute Gasteiger partial charge is 0.175 e. The lowest BCUT2D eigenvalue weighted by atomic mass is 10.0. The van der Waals surface area contributed by atoms with Crippen molar-refractivity contribution < 1.29 is 8.42 Å². The van der Waals surface area contributed by atoms with Crippen molar-refractivity contribution >= 4 is 9.84 Å². The van der Waals surface area contributed by atoms with Gasteiger partial charge in [0.05, 0.1) is 17.1 Å². The maximum Gasteiger partial charge on any atom is 0.175 e. The Labute approximate surface area is 125 Å². The molecule has 1 N–H and O–H groups in total. The molecule has 0 fully saturated rings. The second kappa shape index (κ2) is 6.41. The van der Waals surface area contributed by atoms with E-state index < -0.39 is 9.84 Å². The molecule has 1 atom stereocenters. The Kier molecular flexibility index (Phi) is 4.80. The number of nitrogens with zero attached hydrogens (tertiary/aromatic N) is 2. The molecular weight excluding hydrogens is 286 g/mol. The first-order valence-corrected chi connectivity index (χ1v) is 8.83. The van der Waals surface area contributed by atoms with Crippen LogP contribution in [0.3, 0.4) is 0 Å². The van der Waals surface area contributed by atoms with Gasteiger partial charge in [0.25, 0.3) is 0 Å². The third-order valence-corrected chi connectivity index (χ3v) is 4.43. The molecule has 0 aliphatic rings. The van der Waals surface area contributed by atoms with E-state index in [1.165, 1.54) is 6.26 Å². The van der Waals surface area contributed by atoms with Crippen LogP contribution in [-0.4, -0.2) is 31.0 Å². The maximum absolute atomic E-state index is 11.5. The molecule has 0 aliphatic heterocycles. The van der Waals surface area contributed by atoms with Crippen LogP contribution in [0.25, 0.3) is 0 Å². The van der Waals surface area contributed by atoms with Crippen molar-refractivity contribution in [2.45, 2.75) is 24.3 Å². The fourth-order valence-corrected chi connectivity index (χ4v) is 2.84. The molecule has 1 aromatic carbocycles. The summed E-state index contributed by atoms with van der Waals surface area (Å²) in [4.78, 5) is 0.340. The van der Waals surface area contributed by atoms with Gasteiger partial charge in [-0.2, -0.15) is 5.10 Å². The summed E-state index contributed by atoms with van der Waals surface area (Å²) < 4.78 is 24.8. The Morgan fingerprint density at radius 3 is 2.38 bits per heavy atom. The third-order valence-electron chi connectivity index (χ3n) is 3.30. The average molecular weight is 307 g/mol. The lowest BCUT2D eigenvalue weighted by Gasteiger charge is -2.18. The number of sulfone groups is 1. The first-order chi connectivity index (χ1) is 9.91. The van der Waals surface area contributed by atoms with Crippen molar-refractivity contribution in [1.29, 1.82) is 0 Å². The highest BCUT2D eigenvalue weighted by Crippen LogP contribution is 2.23. The molecule has 21 heavy (non-hydrogen) atoms. The van der Waals surface area contributed by atoms with Gasteiger partial charge in [-0.1, -0.05) is 19.1 Å². The Balaban J connectivity index is 2.32. The maximum atomic E-state index is 11.5. The van der Waals surface area contributed by atoms with Crippen LogP contribution >= 0.6 is 0 Å². The molecule has 2 aromatic rings. The Bertz CT molecular complexity index is 690. The van der Waals surface area contributed by atoms with Crippen LogP contribution in [0.1, 0.15) is 30.5 Å². The van der Waals surface area contributed by atoms with Gasteiger partial charge in [0.2, 0.25) is 0 Å². The fraction of sp³-hybridized carbons (Fsp3) is 0.400. The largest absolute Gasteiger partial charge is 0.306 e. The molecule has 0 saturated heterocycles. The summed E-state index contributed by atoms with van der Waals surface area (Å²) in [6, 6.07) is 7.05. The van der Waals surface area contributed by atoms with Crippen molar-refractivity contribution in [3.8, 4) is 0 Å². The average Bonchev–Trinajstić information content (AvgIpc) is 2.85. The van der Waals surface area contributed by atoms with Crippen molar-refractivity contribution in [2.75, 3.05) is 12.8 Å². The molecule has 1 unspecified atom stereocenters. The van der Waals surface area contributed by atoms with Gasteiger partial charge < -0.3 is 5.32 Å². The van der Waals surface area contributed by atoms with E-state index in [1.54, 1.807) is 16.8 Å². The fourth-order valence-electron chi connectivity index (χ4n) is 2.21. The van der Waals surface area contributed by atoms with Crippen molar-refractivity contribution in [1.82, 2.24) is 15.1 Å². The zero-order chi connectivity index (χ0) is 15.5. The van der Waals surface area contributed by atoms with Crippen molar-refractivity contribution in [3.63, 3.8) is 0 Å². The molecule has 0 spiro atoms. The molecule has 2 rings (SSSR count). The third kappa shape index (κ3) is 3.92. The van der Waals surface area contributed by atoms with Crippen LogP contribution in [0.5, 0.6) is 0 Å². The molecule has 1 heterocycles. The van der Waals surface area contributed by atoms with Gasteiger partial charge in [0, 0.05) is 25.1 Å². The minimum absolute atomic E-state index is 0.0206. The summed E-state index contributed by atoms with van der Waals surface area (Å²) in [5, 5.41) is 7.68. The van der Waals surface area contributed by atoms with Crippen LogP contribution in [0.15, 0.2) is 41.6 Å². The van der Waals surface area contributed by atoms with Crippen LogP contribution in [-0.2, 0) is 16.9 Å². The lowest BCUT2D eigenvalue weighted by Crippen LogP contribution is -2.22. The number of aromatic nitrogens is 2. The second-order valence-corrected chi connectivity index (χ2v) is 7.19. The second-order valence-electron chi connectivity index (χ2n) is 5.18. The first-order valence-electron chi connectivity index (χ1n) is 6.93. The van der Waals surface area contributed by atoms with Crippen molar-refractivity contribution in [2.24, 2.45) is 7.05 Å². The molecule has 5 nitrogen and oxygen atoms in total. The number of benzene rings is 1. The van der Waals surface area contributed by atoms with E-state index in [9.17, 15) is 8.42 Å². The van der Waals surface area contributed by atoms with Gasteiger partial charge in [-0.25, -0.2) is 8.42 Å². The molecular formula is C15H21N3O2S. The summed E-state index contributed by atoms with van der Waals surface area (Å²) in [5.74, 6) is 0. The summed E-state index contributed by atoms with van der Waals surface area (Å²) in [5.41, 5.74) is 2.10. The zero-order valence-corrected chi connectivity index (χ0v) is 13.4. The van der Waals surface area contributed by atoms with E-state index in [-0.39, 0.29) is 6.04 Å². The van der Waals surface area contributed by atoms with Gasteiger partial charge in [0.15, 0.2) is 9.84 Å². The summed E-state index contributed by atoms with van der Waals surface area (Å²) in [7, 11) is -1.28. The molecule has 1 aromatic heterocycles. The minimum Gasteiger partial charge on any atom is -0.306 e. The minimum atomic E-state index is -3.16. The van der Waals surface area contributed by atoms with E-state index >= 15 is 0 Å². The molecule has 0 aliphatic carbocycles. The number of aryl methyl sites for hydroxylation is 1. The lowest BCUT2D eigenvalue weighted by molar-refractivity contribution is 0.595. The monoisotopic (exact) mass is 307 g/mol. The quantitative estimate of drug-likeness (QED) is 0.885. The van der Waals surface area contributed by atoms with Crippen molar-refractivity contribution in [3.05, 3.63) is 47.8 Å². The molecule has 0 amide bonds. The standard InChI is InChI=1S/C15H21N3O2S/c1-4-9-16-15(13-10-17-18(2)11-13)12-5-7-14(8-6-12)21(3,19)20/h5-8,10-11,15-16H,4,9H2,1-3H3. The van der Waals surface area contributed by atoms with Crippen LogP contribution < -0.4 is 5.32 Å². The predicted octanol–water partition coefficient (Wildman–Crippen LogP) is 1.91. The molecule has 0 bridgehead atoms. The van der Waals surface area contributed by atoms with Gasteiger partial charge in [0.1, 0.15) is 0 Å². The predicted molar refractivity (Wildman–Crippen MR) is 82.9 cm³/mol. The number of nitrogens with one attached hydrogen (secondary N) is 1. The molecule has 6 heteroatoms.